The lowest BCUT2D eigenvalue weighted by Crippen LogP contribution is -2.43. The predicted octanol–water partition coefficient (Wildman–Crippen LogP) is 1.75. The second kappa shape index (κ2) is 5.51. The van der Waals surface area contributed by atoms with Gasteiger partial charge in [-0.25, -0.2) is 0 Å². The zero-order valence-corrected chi connectivity index (χ0v) is 9.70. The Balaban J connectivity index is 1.99. The van der Waals surface area contributed by atoms with Crippen LogP contribution in [0.1, 0.15) is 24.8 Å². The van der Waals surface area contributed by atoms with E-state index in [2.05, 4.69) is 16.6 Å². The van der Waals surface area contributed by atoms with Crippen molar-refractivity contribution in [2.45, 2.75) is 25.3 Å². The number of hydrogen-bond acceptors (Lipinski definition) is 2. The molecule has 3 nitrogen and oxygen atoms in total. The van der Waals surface area contributed by atoms with E-state index < -0.39 is 0 Å². The molecule has 0 aromatic heterocycles. The van der Waals surface area contributed by atoms with Gasteiger partial charge in [0.2, 0.25) is 5.91 Å². The van der Waals surface area contributed by atoms with Crippen LogP contribution in [0.2, 0.25) is 0 Å². The Morgan fingerprint density at radius 1 is 1.47 bits per heavy atom. The first-order valence-corrected chi connectivity index (χ1v) is 5.90. The largest absolute Gasteiger partial charge is 0.325 e. The number of benzene rings is 1. The number of hydrogen-bond donors (Lipinski definition) is 2. The molecule has 1 aromatic rings. The molecule has 1 amide bonds. The van der Waals surface area contributed by atoms with Crippen LogP contribution in [-0.2, 0) is 4.79 Å². The van der Waals surface area contributed by atoms with Crippen LogP contribution in [-0.4, -0.2) is 18.5 Å². The van der Waals surface area contributed by atoms with Gasteiger partial charge in [-0.15, -0.1) is 6.42 Å². The van der Waals surface area contributed by atoms with Crippen molar-refractivity contribution in [2.75, 3.05) is 11.9 Å². The number of carbonyl (C=O) groups excluding carboxylic acids is 1. The Hall–Kier alpha value is -1.79. The van der Waals surface area contributed by atoms with E-state index in [4.69, 9.17) is 6.42 Å². The molecular weight excluding hydrogens is 212 g/mol. The smallest absolute Gasteiger partial charge is 0.241 e. The van der Waals surface area contributed by atoms with Gasteiger partial charge in [0.05, 0.1) is 6.04 Å². The van der Waals surface area contributed by atoms with Gasteiger partial charge < -0.3 is 10.6 Å². The van der Waals surface area contributed by atoms with E-state index in [9.17, 15) is 4.79 Å². The van der Waals surface area contributed by atoms with Crippen LogP contribution in [0.15, 0.2) is 24.3 Å². The minimum atomic E-state index is -0.0711. The number of rotatable bonds is 2. The van der Waals surface area contributed by atoms with Gasteiger partial charge in [0.1, 0.15) is 0 Å². The Morgan fingerprint density at radius 3 is 3.06 bits per heavy atom. The first kappa shape index (κ1) is 11.7. The van der Waals surface area contributed by atoms with Gasteiger partial charge in [0, 0.05) is 11.3 Å². The van der Waals surface area contributed by atoms with Gasteiger partial charge in [-0.1, -0.05) is 18.4 Å². The van der Waals surface area contributed by atoms with Crippen molar-refractivity contribution in [3.63, 3.8) is 0 Å². The molecule has 1 fully saturated rings. The molecule has 1 atom stereocenters. The Kier molecular flexibility index (Phi) is 3.79. The predicted molar refractivity (Wildman–Crippen MR) is 68.6 cm³/mol. The SMILES string of the molecule is C#Cc1cccc(NC(=O)C2CCCCN2)c1. The second-order valence-electron chi connectivity index (χ2n) is 4.22. The molecule has 0 bridgehead atoms. The van der Waals surface area contributed by atoms with Crippen molar-refractivity contribution < 1.29 is 4.79 Å². The quantitative estimate of drug-likeness (QED) is 0.757. The fraction of sp³-hybridized carbons (Fsp3) is 0.357. The standard InChI is InChI=1S/C14H16N2O/c1-2-11-6-5-7-12(10-11)16-14(17)13-8-3-4-9-15-13/h1,5-7,10,13,15H,3-4,8-9H2,(H,16,17). The highest BCUT2D eigenvalue weighted by Crippen LogP contribution is 2.13. The Morgan fingerprint density at radius 2 is 2.35 bits per heavy atom. The van der Waals surface area contributed by atoms with E-state index in [1.54, 1.807) is 6.07 Å². The van der Waals surface area contributed by atoms with Crippen molar-refractivity contribution >= 4 is 11.6 Å². The minimum absolute atomic E-state index is 0.0267. The second-order valence-corrected chi connectivity index (χ2v) is 4.22. The van der Waals surface area contributed by atoms with Crippen LogP contribution >= 0.6 is 0 Å². The summed E-state index contributed by atoms with van der Waals surface area (Å²) in [4.78, 5) is 11.9. The average molecular weight is 228 g/mol. The lowest BCUT2D eigenvalue weighted by Gasteiger charge is -2.22. The Bertz CT molecular complexity index is 442. The highest BCUT2D eigenvalue weighted by Gasteiger charge is 2.20. The summed E-state index contributed by atoms with van der Waals surface area (Å²) >= 11 is 0. The molecule has 1 saturated heterocycles. The monoisotopic (exact) mass is 228 g/mol. The van der Waals surface area contributed by atoms with E-state index in [0.717, 1.165) is 37.1 Å². The zero-order chi connectivity index (χ0) is 12.1. The van der Waals surface area contributed by atoms with Gasteiger partial charge in [-0.05, 0) is 37.6 Å². The molecule has 0 radical (unpaired) electrons. The van der Waals surface area contributed by atoms with Gasteiger partial charge in [0.15, 0.2) is 0 Å². The normalized spacial score (nSPS) is 19.4. The molecule has 0 aliphatic carbocycles. The summed E-state index contributed by atoms with van der Waals surface area (Å²) in [5, 5.41) is 6.10. The molecule has 1 heterocycles. The molecule has 1 aliphatic rings. The lowest BCUT2D eigenvalue weighted by molar-refractivity contribution is -0.118. The lowest BCUT2D eigenvalue weighted by atomic mass is 10.0. The van der Waals surface area contributed by atoms with Crippen LogP contribution < -0.4 is 10.6 Å². The molecule has 88 valence electrons. The third-order valence-corrected chi connectivity index (χ3v) is 2.92. The molecule has 0 saturated carbocycles. The number of carbonyl (C=O) groups is 1. The molecule has 0 spiro atoms. The summed E-state index contributed by atoms with van der Waals surface area (Å²) < 4.78 is 0. The topological polar surface area (TPSA) is 41.1 Å². The number of terminal acetylenes is 1. The van der Waals surface area contributed by atoms with Crippen LogP contribution in [0.3, 0.4) is 0 Å². The molecule has 1 aliphatic heterocycles. The fourth-order valence-electron chi connectivity index (χ4n) is 1.99. The maximum atomic E-state index is 11.9. The summed E-state index contributed by atoms with van der Waals surface area (Å²) in [5.41, 5.74) is 1.54. The van der Waals surface area contributed by atoms with Gasteiger partial charge in [-0.2, -0.15) is 0 Å². The van der Waals surface area contributed by atoms with Crippen molar-refractivity contribution in [2.24, 2.45) is 0 Å². The summed E-state index contributed by atoms with van der Waals surface area (Å²) in [6, 6.07) is 7.27. The van der Waals surface area contributed by atoms with Gasteiger partial charge in [-0.3, -0.25) is 4.79 Å². The highest BCUT2D eigenvalue weighted by molar-refractivity contribution is 5.95. The Labute approximate surface area is 102 Å². The molecule has 2 N–H and O–H groups in total. The highest BCUT2D eigenvalue weighted by atomic mass is 16.2. The van der Waals surface area contributed by atoms with Gasteiger partial charge >= 0.3 is 0 Å². The molecule has 1 aromatic carbocycles. The van der Waals surface area contributed by atoms with E-state index in [-0.39, 0.29) is 11.9 Å². The average Bonchev–Trinajstić information content (AvgIpc) is 2.40. The first-order chi connectivity index (χ1) is 8.29. The number of amides is 1. The van der Waals surface area contributed by atoms with E-state index in [1.165, 1.54) is 0 Å². The van der Waals surface area contributed by atoms with Crippen LogP contribution in [0.4, 0.5) is 5.69 Å². The minimum Gasteiger partial charge on any atom is -0.325 e. The van der Waals surface area contributed by atoms with Gasteiger partial charge in [0.25, 0.3) is 0 Å². The summed E-state index contributed by atoms with van der Waals surface area (Å²) in [6.45, 7) is 0.919. The maximum absolute atomic E-state index is 11.9. The van der Waals surface area contributed by atoms with E-state index in [0.29, 0.717) is 0 Å². The van der Waals surface area contributed by atoms with Crippen LogP contribution in [0.5, 0.6) is 0 Å². The van der Waals surface area contributed by atoms with Crippen LogP contribution in [0, 0.1) is 12.3 Å². The molecule has 17 heavy (non-hydrogen) atoms. The van der Waals surface area contributed by atoms with Crippen molar-refractivity contribution in [1.82, 2.24) is 5.32 Å². The third kappa shape index (κ3) is 3.08. The molecular formula is C14H16N2O. The third-order valence-electron chi connectivity index (χ3n) is 2.92. The van der Waals surface area contributed by atoms with Crippen LogP contribution in [0.25, 0.3) is 0 Å². The number of anilines is 1. The summed E-state index contributed by atoms with van der Waals surface area (Å²) in [7, 11) is 0. The fourth-order valence-corrected chi connectivity index (χ4v) is 1.99. The first-order valence-electron chi connectivity index (χ1n) is 5.90. The number of piperidine rings is 1. The summed E-state index contributed by atoms with van der Waals surface area (Å²) in [5.74, 6) is 2.58. The van der Waals surface area contributed by atoms with E-state index in [1.807, 2.05) is 18.2 Å². The maximum Gasteiger partial charge on any atom is 0.241 e. The van der Waals surface area contributed by atoms with E-state index >= 15 is 0 Å². The van der Waals surface area contributed by atoms with Crippen molar-refractivity contribution in [3.05, 3.63) is 29.8 Å². The zero-order valence-electron chi connectivity index (χ0n) is 9.70. The molecule has 2 rings (SSSR count). The molecule has 3 heteroatoms. The van der Waals surface area contributed by atoms with Crippen molar-refractivity contribution in [3.8, 4) is 12.3 Å². The van der Waals surface area contributed by atoms with Crippen molar-refractivity contribution in [1.29, 1.82) is 0 Å². The number of nitrogens with one attached hydrogen (secondary N) is 2. The summed E-state index contributed by atoms with van der Waals surface area (Å²) in [6.07, 6.45) is 8.48. The molecule has 1 unspecified atom stereocenters.